The van der Waals surface area contributed by atoms with Gasteiger partial charge in [0.1, 0.15) is 24.9 Å². The molecule has 1 aromatic carbocycles. The normalized spacial score (nSPS) is 26.4. The lowest BCUT2D eigenvalue weighted by Gasteiger charge is -2.43. The highest BCUT2D eigenvalue weighted by Gasteiger charge is 2.52. The maximum absolute atomic E-state index is 12.2. The molecule has 0 radical (unpaired) electrons. The van der Waals surface area contributed by atoms with Crippen molar-refractivity contribution in [2.45, 2.75) is 30.7 Å². The average Bonchev–Trinajstić information content (AvgIpc) is 2.71. The molecule has 1 aromatic rings. The molecule has 2 rings (SSSR count). The molecule has 0 aliphatic carbocycles. The lowest BCUT2D eigenvalue weighted by Crippen LogP contribution is -2.62. The summed E-state index contributed by atoms with van der Waals surface area (Å²) in [6.45, 7) is 2.56. The zero-order valence-corrected chi connectivity index (χ0v) is 18.3. The third-order valence-electron chi connectivity index (χ3n) is 4.08. The standard InChI is InChI=1S/C17H22O13S2/c1-3-9-26-14-13(29-31(19,20)21)12(10-27-16(18)11-7-5-4-6-8-11)28-17(25-2)15(14)30-32(22,23)24/h3-8,12-15,17H,1,9-10H2,2H3,(H,19,20,21)(H,22,23,24)/t12-,13-,14+,15+,17+/m1/s1. The van der Waals surface area contributed by atoms with E-state index in [4.69, 9.17) is 23.5 Å². The van der Waals surface area contributed by atoms with E-state index in [1.165, 1.54) is 18.2 Å². The Bertz CT molecular complexity index is 977. The van der Waals surface area contributed by atoms with E-state index < -0.39 is 64.1 Å². The number of hydrogen-bond acceptors (Lipinski definition) is 11. The highest BCUT2D eigenvalue weighted by molar-refractivity contribution is 7.81. The predicted molar refractivity (Wildman–Crippen MR) is 105 cm³/mol. The van der Waals surface area contributed by atoms with Crippen molar-refractivity contribution in [3.8, 4) is 0 Å². The Balaban J connectivity index is 2.35. The SMILES string of the molecule is C=CCO[C@@H]1[C@H](OS(=O)(=O)O)[C@@H](OC)O[C@H](COC(=O)c2ccccc2)[C@H]1OS(=O)(=O)O. The van der Waals surface area contributed by atoms with Gasteiger partial charge in [0, 0.05) is 7.11 Å². The largest absolute Gasteiger partial charge is 0.459 e. The Morgan fingerprint density at radius 3 is 2.19 bits per heavy atom. The molecule has 13 nitrogen and oxygen atoms in total. The van der Waals surface area contributed by atoms with Gasteiger partial charge in [0.15, 0.2) is 12.4 Å². The van der Waals surface area contributed by atoms with Gasteiger partial charge in [-0.15, -0.1) is 6.58 Å². The van der Waals surface area contributed by atoms with Gasteiger partial charge in [0.2, 0.25) is 0 Å². The summed E-state index contributed by atoms with van der Waals surface area (Å²) in [5, 5.41) is 0. The third kappa shape index (κ3) is 7.88. The van der Waals surface area contributed by atoms with Gasteiger partial charge in [-0.1, -0.05) is 24.3 Å². The maximum Gasteiger partial charge on any atom is 0.397 e. The second-order valence-electron chi connectivity index (χ2n) is 6.31. The van der Waals surface area contributed by atoms with E-state index >= 15 is 0 Å². The molecule has 1 saturated heterocycles. The fraction of sp³-hybridized carbons (Fsp3) is 0.471. The second kappa shape index (κ2) is 11.3. The van der Waals surface area contributed by atoms with Gasteiger partial charge in [-0.05, 0) is 12.1 Å². The van der Waals surface area contributed by atoms with Gasteiger partial charge in [-0.3, -0.25) is 9.11 Å². The molecule has 1 fully saturated rings. The fourth-order valence-electron chi connectivity index (χ4n) is 2.89. The molecule has 0 unspecified atom stereocenters. The van der Waals surface area contributed by atoms with E-state index in [2.05, 4.69) is 14.9 Å². The lowest BCUT2D eigenvalue weighted by molar-refractivity contribution is -0.290. The van der Waals surface area contributed by atoms with Gasteiger partial charge < -0.3 is 18.9 Å². The molecule has 1 aliphatic rings. The molecule has 0 amide bonds. The lowest BCUT2D eigenvalue weighted by atomic mass is 9.99. The van der Waals surface area contributed by atoms with Crippen LogP contribution in [0.3, 0.4) is 0 Å². The number of carbonyl (C=O) groups excluding carboxylic acids is 1. The van der Waals surface area contributed by atoms with E-state index in [-0.39, 0.29) is 12.2 Å². The smallest absolute Gasteiger partial charge is 0.397 e. The molecule has 180 valence electrons. The summed E-state index contributed by atoms with van der Waals surface area (Å²) in [6, 6.07) is 7.81. The first kappa shape index (κ1) is 26.3. The molecule has 0 aromatic heterocycles. The van der Waals surface area contributed by atoms with Crippen LogP contribution in [0, 0.1) is 0 Å². The van der Waals surface area contributed by atoms with Crippen molar-refractivity contribution < 1.29 is 58.0 Å². The van der Waals surface area contributed by atoms with E-state index in [0.29, 0.717) is 0 Å². The van der Waals surface area contributed by atoms with Crippen LogP contribution in [-0.2, 0) is 48.1 Å². The molecule has 5 atom stereocenters. The Hall–Kier alpha value is -1.95. The van der Waals surface area contributed by atoms with Crippen LogP contribution in [0.4, 0.5) is 0 Å². The minimum absolute atomic E-state index is 0.186. The number of ether oxygens (including phenoxy) is 4. The Morgan fingerprint density at radius 2 is 1.66 bits per heavy atom. The van der Waals surface area contributed by atoms with Crippen LogP contribution in [0.2, 0.25) is 0 Å². The number of carbonyl (C=O) groups is 1. The molecule has 15 heteroatoms. The third-order valence-corrected chi connectivity index (χ3v) is 5.01. The average molecular weight is 498 g/mol. The van der Waals surface area contributed by atoms with E-state index in [0.717, 1.165) is 7.11 Å². The summed E-state index contributed by atoms with van der Waals surface area (Å²) in [6.07, 6.45) is -6.92. The van der Waals surface area contributed by atoms with E-state index in [9.17, 15) is 26.2 Å². The van der Waals surface area contributed by atoms with Crippen molar-refractivity contribution in [1.82, 2.24) is 0 Å². The van der Waals surface area contributed by atoms with Crippen molar-refractivity contribution in [2.75, 3.05) is 20.3 Å². The minimum atomic E-state index is -5.13. The first-order valence-electron chi connectivity index (χ1n) is 8.89. The topological polar surface area (TPSA) is 181 Å². The Morgan fingerprint density at radius 1 is 1.06 bits per heavy atom. The van der Waals surface area contributed by atoms with Crippen molar-refractivity contribution in [3.05, 3.63) is 48.6 Å². The summed E-state index contributed by atoms with van der Waals surface area (Å²) in [5.41, 5.74) is 0.186. The van der Waals surface area contributed by atoms with Crippen LogP contribution >= 0.6 is 0 Å². The molecule has 32 heavy (non-hydrogen) atoms. The summed E-state index contributed by atoms with van der Waals surface area (Å²) in [4.78, 5) is 12.2. The van der Waals surface area contributed by atoms with Gasteiger partial charge >= 0.3 is 26.8 Å². The van der Waals surface area contributed by atoms with Gasteiger partial charge in [0.25, 0.3) is 0 Å². The van der Waals surface area contributed by atoms with Crippen molar-refractivity contribution in [2.24, 2.45) is 0 Å². The fourth-order valence-corrected chi connectivity index (χ4v) is 3.88. The molecule has 2 N–H and O–H groups in total. The summed E-state index contributed by atoms with van der Waals surface area (Å²) in [7, 11) is -9.12. The van der Waals surface area contributed by atoms with Crippen LogP contribution in [-0.4, -0.2) is 82.9 Å². The highest BCUT2D eigenvalue weighted by atomic mass is 32.3. The molecule has 1 heterocycles. The molecular weight excluding hydrogens is 476 g/mol. The molecule has 0 spiro atoms. The Kier molecular flexibility index (Phi) is 9.26. The summed E-state index contributed by atoms with van der Waals surface area (Å²) in [5.74, 6) is -0.784. The number of hydrogen-bond donors (Lipinski definition) is 2. The van der Waals surface area contributed by atoms with Crippen LogP contribution in [0.15, 0.2) is 43.0 Å². The van der Waals surface area contributed by atoms with E-state index in [1.807, 2.05) is 0 Å². The summed E-state index contributed by atoms with van der Waals surface area (Å²) >= 11 is 0. The second-order valence-corrected chi connectivity index (χ2v) is 8.40. The molecule has 0 saturated carbocycles. The minimum Gasteiger partial charge on any atom is -0.459 e. The molecule has 1 aliphatic heterocycles. The molecular formula is C17H22O13S2. The quantitative estimate of drug-likeness (QED) is 0.239. The predicted octanol–water partition coefficient (Wildman–Crippen LogP) is 0.162. The number of benzene rings is 1. The number of esters is 1. The monoisotopic (exact) mass is 498 g/mol. The number of rotatable bonds is 11. The van der Waals surface area contributed by atoms with Crippen LogP contribution in [0.1, 0.15) is 10.4 Å². The first-order valence-corrected chi connectivity index (χ1v) is 11.6. The van der Waals surface area contributed by atoms with Crippen LogP contribution < -0.4 is 0 Å². The van der Waals surface area contributed by atoms with Crippen LogP contribution in [0.25, 0.3) is 0 Å². The van der Waals surface area contributed by atoms with Gasteiger partial charge in [-0.2, -0.15) is 16.8 Å². The summed E-state index contributed by atoms with van der Waals surface area (Å²) < 4.78 is 93.9. The maximum atomic E-state index is 12.2. The highest BCUT2D eigenvalue weighted by Crippen LogP contribution is 2.30. The molecule has 0 bridgehead atoms. The van der Waals surface area contributed by atoms with Crippen molar-refractivity contribution in [3.63, 3.8) is 0 Å². The zero-order chi connectivity index (χ0) is 23.9. The van der Waals surface area contributed by atoms with Gasteiger partial charge in [-0.25, -0.2) is 13.2 Å². The van der Waals surface area contributed by atoms with E-state index in [1.54, 1.807) is 18.2 Å². The van der Waals surface area contributed by atoms with Crippen molar-refractivity contribution in [1.29, 1.82) is 0 Å². The number of methoxy groups -OCH3 is 1. The van der Waals surface area contributed by atoms with Gasteiger partial charge in [0.05, 0.1) is 12.2 Å². The zero-order valence-electron chi connectivity index (χ0n) is 16.7. The van der Waals surface area contributed by atoms with Crippen molar-refractivity contribution >= 4 is 26.8 Å². The Labute approximate surface area is 184 Å². The van der Waals surface area contributed by atoms with Crippen LogP contribution in [0.5, 0.6) is 0 Å². The first-order chi connectivity index (χ1) is 14.9.